The molecule has 0 aromatic heterocycles. The van der Waals surface area contributed by atoms with Crippen molar-refractivity contribution in [3.8, 4) is 0 Å². The number of rotatable bonds is 0. The summed E-state index contributed by atoms with van der Waals surface area (Å²) in [5.74, 6) is 0.436. The maximum atomic E-state index is 9.25. The monoisotopic (exact) mass is 126 g/mol. The lowest BCUT2D eigenvalue weighted by molar-refractivity contribution is 0.0944. The summed E-state index contributed by atoms with van der Waals surface area (Å²) in [6, 6.07) is 0. The summed E-state index contributed by atoms with van der Waals surface area (Å²) in [6.07, 6.45) is 2.88. The highest BCUT2D eigenvalue weighted by atomic mass is 16.3. The highest BCUT2D eigenvalue weighted by molar-refractivity contribution is 5.00. The maximum Gasteiger partial charge on any atom is 0.0571 e. The van der Waals surface area contributed by atoms with Crippen LogP contribution in [0.3, 0.4) is 0 Å². The van der Waals surface area contributed by atoms with Crippen LogP contribution in [0.4, 0.5) is 0 Å². The number of hydrogen-bond donors (Lipinski definition) is 1. The third-order valence-electron chi connectivity index (χ3n) is 2.06. The second-order valence-electron chi connectivity index (χ2n) is 3.04. The van der Waals surface area contributed by atoms with Gasteiger partial charge in [0.05, 0.1) is 6.10 Å². The van der Waals surface area contributed by atoms with E-state index < -0.39 is 0 Å². The predicted octanol–water partition coefficient (Wildman–Crippen LogP) is 1.72. The van der Waals surface area contributed by atoms with Gasteiger partial charge < -0.3 is 5.11 Å². The first kappa shape index (κ1) is 6.81. The molecule has 0 aromatic rings. The summed E-state index contributed by atoms with van der Waals surface area (Å²) < 4.78 is 0. The molecular formula is C8H14O. The minimum atomic E-state index is -0.0736. The Bertz CT molecular complexity index is 118. The highest BCUT2D eigenvalue weighted by Crippen LogP contribution is 2.26. The SMILES string of the molecule is C=C1CCC(O)C(C)C1. The van der Waals surface area contributed by atoms with E-state index in [1.165, 1.54) is 5.57 Å². The maximum absolute atomic E-state index is 9.25. The van der Waals surface area contributed by atoms with Crippen LogP contribution in [0, 0.1) is 5.92 Å². The molecule has 0 aliphatic heterocycles. The Morgan fingerprint density at radius 2 is 2.33 bits per heavy atom. The summed E-state index contributed by atoms with van der Waals surface area (Å²) in [4.78, 5) is 0. The van der Waals surface area contributed by atoms with Gasteiger partial charge in [0.1, 0.15) is 0 Å². The molecule has 1 N–H and O–H groups in total. The summed E-state index contributed by atoms with van der Waals surface area (Å²) >= 11 is 0. The Hall–Kier alpha value is -0.300. The van der Waals surface area contributed by atoms with Crippen molar-refractivity contribution in [3.05, 3.63) is 12.2 Å². The second kappa shape index (κ2) is 2.53. The molecule has 1 rings (SSSR count). The van der Waals surface area contributed by atoms with Crippen LogP contribution in [0.1, 0.15) is 26.2 Å². The summed E-state index contributed by atoms with van der Waals surface area (Å²) in [5, 5.41) is 9.25. The van der Waals surface area contributed by atoms with E-state index in [1.54, 1.807) is 0 Å². The van der Waals surface area contributed by atoms with Crippen LogP contribution >= 0.6 is 0 Å². The van der Waals surface area contributed by atoms with E-state index in [0.717, 1.165) is 19.3 Å². The van der Waals surface area contributed by atoms with Crippen LogP contribution in [-0.2, 0) is 0 Å². The van der Waals surface area contributed by atoms with Gasteiger partial charge in [-0.15, -0.1) is 0 Å². The van der Waals surface area contributed by atoms with Crippen molar-refractivity contribution in [2.24, 2.45) is 5.92 Å². The second-order valence-corrected chi connectivity index (χ2v) is 3.04. The molecule has 52 valence electrons. The highest BCUT2D eigenvalue weighted by Gasteiger charge is 2.19. The summed E-state index contributed by atoms with van der Waals surface area (Å²) in [7, 11) is 0. The molecule has 0 spiro atoms. The van der Waals surface area contributed by atoms with E-state index in [1.807, 2.05) is 0 Å². The van der Waals surface area contributed by atoms with Gasteiger partial charge >= 0.3 is 0 Å². The Morgan fingerprint density at radius 3 is 2.78 bits per heavy atom. The topological polar surface area (TPSA) is 20.2 Å². The third kappa shape index (κ3) is 1.55. The predicted molar refractivity (Wildman–Crippen MR) is 38.2 cm³/mol. The average Bonchev–Trinajstić information content (AvgIpc) is 1.80. The Labute approximate surface area is 56.4 Å². The number of allylic oxidation sites excluding steroid dienone is 1. The van der Waals surface area contributed by atoms with E-state index in [0.29, 0.717) is 5.92 Å². The van der Waals surface area contributed by atoms with E-state index >= 15 is 0 Å². The molecule has 1 aliphatic carbocycles. The molecule has 0 heterocycles. The molecule has 1 fully saturated rings. The minimum Gasteiger partial charge on any atom is -0.393 e. The lowest BCUT2D eigenvalue weighted by Crippen LogP contribution is -2.22. The third-order valence-corrected chi connectivity index (χ3v) is 2.06. The fourth-order valence-electron chi connectivity index (χ4n) is 1.33. The van der Waals surface area contributed by atoms with Crippen molar-refractivity contribution >= 4 is 0 Å². The first-order chi connectivity index (χ1) is 4.20. The van der Waals surface area contributed by atoms with Crippen molar-refractivity contribution in [2.75, 3.05) is 0 Å². The fourth-order valence-corrected chi connectivity index (χ4v) is 1.33. The smallest absolute Gasteiger partial charge is 0.0571 e. The van der Waals surface area contributed by atoms with Gasteiger partial charge in [-0.3, -0.25) is 0 Å². The molecule has 1 nitrogen and oxygen atoms in total. The van der Waals surface area contributed by atoms with E-state index in [9.17, 15) is 5.11 Å². The van der Waals surface area contributed by atoms with Crippen molar-refractivity contribution in [1.29, 1.82) is 0 Å². The van der Waals surface area contributed by atoms with Crippen molar-refractivity contribution < 1.29 is 5.11 Å². The quantitative estimate of drug-likeness (QED) is 0.490. The number of hydrogen-bond acceptors (Lipinski definition) is 1. The van der Waals surface area contributed by atoms with Gasteiger partial charge in [-0.2, -0.15) is 0 Å². The zero-order valence-corrected chi connectivity index (χ0v) is 5.93. The molecule has 1 aliphatic rings. The molecule has 9 heavy (non-hydrogen) atoms. The molecule has 2 atom stereocenters. The Morgan fingerprint density at radius 1 is 1.67 bits per heavy atom. The van der Waals surface area contributed by atoms with Gasteiger partial charge in [0.25, 0.3) is 0 Å². The van der Waals surface area contributed by atoms with Crippen LogP contribution in [0.25, 0.3) is 0 Å². The van der Waals surface area contributed by atoms with Gasteiger partial charge in [-0.1, -0.05) is 19.1 Å². The molecule has 1 saturated carbocycles. The van der Waals surface area contributed by atoms with Gasteiger partial charge in [0.15, 0.2) is 0 Å². The fraction of sp³-hybridized carbons (Fsp3) is 0.750. The van der Waals surface area contributed by atoms with Crippen LogP contribution in [0.5, 0.6) is 0 Å². The zero-order valence-electron chi connectivity index (χ0n) is 5.93. The average molecular weight is 126 g/mol. The lowest BCUT2D eigenvalue weighted by atomic mass is 9.85. The molecule has 2 unspecified atom stereocenters. The number of aliphatic hydroxyl groups is 1. The Balaban J connectivity index is 2.44. The summed E-state index contributed by atoms with van der Waals surface area (Å²) in [6.45, 7) is 5.97. The first-order valence-electron chi connectivity index (χ1n) is 3.55. The Kier molecular flexibility index (Phi) is 1.91. The van der Waals surface area contributed by atoms with Crippen LogP contribution in [0.2, 0.25) is 0 Å². The normalized spacial score (nSPS) is 36.9. The molecule has 0 saturated heterocycles. The molecule has 0 amide bonds. The van der Waals surface area contributed by atoms with Crippen molar-refractivity contribution in [1.82, 2.24) is 0 Å². The van der Waals surface area contributed by atoms with E-state index in [2.05, 4.69) is 13.5 Å². The zero-order chi connectivity index (χ0) is 6.85. The van der Waals surface area contributed by atoms with Crippen LogP contribution in [-0.4, -0.2) is 11.2 Å². The van der Waals surface area contributed by atoms with Gasteiger partial charge in [-0.25, -0.2) is 0 Å². The first-order valence-corrected chi connectivity index (χ1v) is 3.55. The lowest BCUT2D eigenvalue weighted by Gasteiger charge is -2.25. The molecular weight excluding hydrogens is 112 g/mol. The van der Waals surface area contributed by atoms with E-state index in [4.69, 9.17) is 0 Å². The van der Waals surface area contributed by atoms with Crippen LogP contribution < -0.4 is 0 Å². The molecule has 0 bridgehead atoms. The van der Waals surface area contributed by atoms with Crippen LogP contribution in [0.15, 0.2) is 12.2 Å². The molecule has 0 radical (unpaired) electrons. The largest absolute Gasteiger partial charge is 0.393 e. The standard InChI is InChI=1S/C8H14O/c1-6-3-4-8(9)7(2)5-6/h7-9H,1,3-5H2,2H3. The van der Waals surface area contributed by atoms with Crippen molar-refractivity contribution in [3.63, 3.8) is 0 Å². The summed E-state index contributed by atoms with van der Waals surface area (Å²) in [5.41, 5.74) is 1.30. The van der Waals surface area contributed by atoms with Gasteiger partial charge in [-0.05, 0) is 25.2 Å². The minimum absolute atomic E-state index is 0.0736. The number of aliphatic hydroxyl groups excluding tert-OH is 1. The van der Waals surface area contributed by atoms with E-state index in [-0.39, 0.29) is 6.10 Å². The van der Waals surface area contributed by atoms with Gasteiger partial charge in [0.2, 0.25) is 0 Å². The van der Waals surface area contributed by atoms with Gasteiger partial charge in [0, 0.05) is 0 Å². The molecule has 0 aromatic carbocycles. The molecule has 1 heteroatoms. The van der Waals surface area contributed by atoms with Crippen molar-refractivity contribution in [2.45, 2.75) is 32.3 Å².